The molecule has 5 nitrogen and oxygen atoms in total. The summed E-state index contributed by atoms with van der Waals surface area (Å²) >= 11 is 7.07. The van der Waals surface area contributed by atoms with Crippen LogP contribution in [0, 0.1) is 5.82 Å². The first-order valence-corrected chi connectivity index (χ1v) is 9.03. The minimum Gasteiger partial charge on any atom is -0.493 e. The number of carbonyl (C=O) groups is 2. The van der Waals surface area contributed by atoms with E-state index in [1.165, 1.54) is 38.5 Å². The normalized spacial score (nSPS) is 15.6. The average molecular weight is 408 g/mol. The molecule has 1 fully saturated rings. The second-order valence-electron chi connectivity index (χ2n) is 5.62. The zero-order valence-corrected chi connectivity index (χ0v) is 16.1. The van der Waals surface area contributed by atoms with Crippen molar-refractivity contribution in [2.24, 2.45) is 0 Å². The smallest absolute Gasteiger partial charge is 0.293 e. The highest BCUT2D eigenvalue weighted by molar-refractivity contribution is 8.18. The molecule has 0 atom stereocenters. The van der Waals surface area contributed by atoms with Gasteiger partial charge in [0.05, 0.1) is 30.7 Å². The van der Waals surface area contributed by atoms with Gasteiger partial charge >= 0.3 is 0 Å². The van der Waals surface area contributed by atoms with Crippen LogP contribution in [0.25, 0.3) is 6.08 Å². The van der Waals surface area contributed by atoms with E-state index in [0.717, 1.165) is 16.7 Å². The van der Waals surface area contributed by atoms with Crippen molar-refractivity contribution in [3.8, 4) is 11.5 Å². The van der Waals surface area contributed by atoms with E-state index in [1.807, 2.05) is 0 Å². The summed E-state index contributed by atoms with van der Waals surface area (Å²) in [6, 6.07) is 8.85. The van der Waals surface area contributed by atoms with E-state index in [2.05, 4.69) is 0 Å². The van der Waals surface area contributed by atoms with E-state index < -0.39 is 11.1 Å². The van der Waals surface area contributed by atoms with Crippen molar-refractivity contribution in [2.75, 3.05) is 14.2 Å². The zero-order valence-electron chi connectivity index (χ0n) is 14.5. The molecule has 0 bridgehead atoms. The molecule has 1 aliphatic rings. The first-order valence-electron chi connectivity index (χ1n) is 7.84. The molecule has 0 unspecified atom stereocenters. The number of hydrogen-bond acceptors (Lipinski definition) is 5. The second kappa shape index (κ2) is 8.02. The van der Waals surface area contributed by atoms with Gasteiger partial charge in [-0.1, -0.05) is 23.7 Å². The fourth-order valence-corrected chi connectivity index (χ4v) is 3.57. The standard InChI is InChI=1S/C19H15ClFNO4S/c1-25-15-7-12(14(20)9-16(15)26-2)8-17-18(23)22(19(24)27-17)10-11-3-5-13(21)6-4-11/h3-9H,10H2,1-2H3/b17-8+. The summed E-state index contributed by atoms with van der Waals surface area (Å²) in [7, 11) is 2.99. The van der Waals surface area contributed by atoms with Gasteiger partial charge in [0.1, 0.15) is 5.82 Å². The van der Waals surface area contributed by atoms with Crippen molar-refractivity contribution in [2.45, 2.75) is 6.54 Å². The Morgan fingerprint density at radius 2 is 1.74 bits per heavy atom. The minimum atomic E-state index is -0.430. The topological polar surface area (TPSA) is 55.8 Å². The highest BCUT2D eigenvalue weighted by Gasteiger charge is 2.35. The van der Waals surface area contributed by atoms with Gasteiger partial charge in [0, 0.05) is 6.07 Å². The van der Waals surface area contributed by atoms with Gasteiger partial charge in [0.25, 0.3) is 11.1 Å². The van der Waals surface area contributed by atoms with Gasteiger partial charge < -0.3 is 9.47 Å². The summed E-state index contributed by atoms with van der Waals surface area (Å²) in [5.41, 5.74) is 1.19. The molecule has 27 heavy (non-hydrogen) atoms. The van der Waals surface area contributed by atoms with E-state index in [4.69, 9.17) is 21.1 Å². The monoisotopic (exact) mass is 407 g/mol. The molecule has 0 aliphatic carbocycles. The number of carbonyl (C=O) groups excluding carboxylic acids is 2. The summed E-state index contributed by atoms with van der Waals surface area (Å²) in [6.07, 6.45) is 1.54. The van der Waals surface area contributed by atoms with Crippen LogP contribution in [0.5, 0.6) is 11.5 Å². The fourth-order valence-electron chi connectivity index (χ4n) is 2.53. The summed E-state index contributed by atoms with van der Waals surface area (Å²) < 4.78 is 23.4. The predicted octanol–water partition coefficient (Wildman–Crippen LogP) is 4.73. The van der Waals surface area contributed by atoms with Crippen molar-refractivity contribution >= 4 is 40.6 Å². The largest absolute Gasteiger partial charge is 0.493 e. The number of nitrogens with zero attached hydrogens (tertiary/aromatic N) is 1. The lowest BCUT2D eigenvalue weighted by Gasteiger charge is -2.12. The number of hydrogen-bond donors (Lipinski definition) is 0. The van der Waals surface area contributed by atoms with E-state index in [0.29, 0.717) is 27.6 Å². The van der Waals surface area contributed by atoms with E-state index in [1.54, 1.807) is 18.2 Å². The third-order valence-electron chi connectivity index (χ3n) is 3.92. The van der Waals surface area contributed by atoms with Gasteiger partial charge in [0.2, 0.25) is 0 Å². The van der Waals surface area contributed by atoms with Gasteiger partial charge in [-0.25, -0.2) is 4.39 Å². The van der Waals surface area contributed by atoms with Crippen LogP contribution in [0.15, 0.2) is 41.3 Å². The lowest BCUT2D eigenvalue weighted by molar-refractivity contribution is -0.123. The van der Waals surface area contributed by atoms with Crippen LogP contribution < -0.4 is 9.47 Å². The van der Waals surface area contributed by atoms with Gasteiger partial charge in [-0.3, -0.25) is 14.5 Å². The Kier molecular flexibility index (Phi) is 5.72. The summed E-state index contributed by atoms with van der Waals surface area (Å²) in [6.45, 7) is 0.0714. The number of imide groups is 1. The van der Waals surface area contributed by atoms with E-state index in [-0.39, 0.29) is 17.3 Å². The number of halogens is 2. The Morgan fingerprint density at radius 1 is 1.11 bits per heavy atom. The first-order chi connectivity index (χ1) is 12.9. The molecular weight excluding hydrogens is 393 g/mol. The van der Waals surface area contributed by atoms with Crippen LogP contribution >= 0.6 is 23.4 Å². The number of amides is 2. The highest BCUT2D eigenvalue weighted by atomic mass is 35.5. The SMILES string of the molecule is COc1cc(Cl)c(/C=C2/SC(=O)N(Cc3ccc(F)cc3)C2=O)cc1OC. The molecule has 140 valence electrons. The van der Waals surface area contributed by atoms with Crippen molar-refractivity contribution in [3.05, 3.63) is 63.3 Å². The van der Waals surface area contributed by atoms with Crippen LogP contribution in [-0.4, -0.2) is 30.3 Å². The van der Waals surface area contributed by atoms with Crippen molar-refractivity contribution in [1.82, 2.24) is 4.90 Å². The summed E-state index contributed by atoms with van der Waals surface area (Å²) in [5.74, 6) is 0.110. The van der Waals surface area contributed by atoms with Crippen LogP contribution in [0.1, 0.15) is 11.1 Å². The lowest BCUT2D eigenvalue weighted by Crippen LogP contribution is -2.27. The molecule has 3 rings (SSSR count). The highest BCUT2D eigenvalue weighted by Crippen LogP contribution is 2.38. The Bertz CT molecular complexity index is 930. The molecule has 2 aromatic carbocycles. The molecule has 1 saturated heterocycles. The third kappa shape index (κ3) is 4.09. The van der Waals surface area contributed by atoms with Crippen LogP contribution in [0.2, 0.25) is 5.02 Å². The molecular formula is C19H15ClFNO4S. The Balaban J connectivity index is 1.87. The Labute approximate surface area is 164 Å². The van der Waals surface area contributed by atoms with Crippen molar-refractivity contribution in [3.63, 3.8) is 0 Å². The van der Waals surface area contributed by atoms with Gasteiger partial charge in [-0.2, -0.15) is 0 Å². The maximum absolute atomic E-state index is 13.0. The molecule has 2 aromatic rings. The number of methoxy groups -OCH3 is 2. The molecule has 0 saturated carbocycles. The Hall–Kier alpha value is -2.51. The number of thioether (sulfide) groups is 1. The van der Waals surface area contributed by atoms with Gasteiger partial charge in [-0.15, -0.1) is 0 Å². The minimum absolute atomic E-state index is 0.0714. The maximum Gasteiger partial charge on any atom is 0.293 e. The summed E-state index contributed by atoms with van der Waals surface area (Å²) in [4.78, 5) is 26.2. The number of rotatable bonds is 5. The molecule has 2 amide bonds. The summed E-state index contributed by atoms with van der Waals surface area (Å²) in [5, 5.41) is -0.0369. The number of ether oxygens (including phenoxy) is 2. The molecule has 0 spiro atoms. The number of benzene rings is 2. The van der Waals surface area contributed by atoms with Gasteiger partial charge in [-0.05, 0) is 47.2 Å². The van der Waals surface area contributed by atoms with Crippen molar-refractivity contribution < 1.29 is 23.5 Å². The molecule has 1 heterocycles. The van der Waals surface area contributed by atoms with Gasteiger partial charge in [0.15, 0.2) is 11.5 Å². The fraction of sp³-hybridized carbons (Fsp3) is 0.158. The molecule has 0 radical (unpaired) electrons. The predicted molar refractivity (Wildman–Crippen MR) is 102 cm³/mol. The zero-order chi connectivity index (χ0) is 19.6. The van der Waals surface area contributed by atoms with Crippen LogP contribution in [-0.2, 0) is 11.3 Å². The Morgan fingerprint density at radius 3 is 2.37 bits per heavy atom. The molecule has 0 aromatic heterocycles. The average Bonchev–Trinajstić information content (AvgIpc) is 2.92. The van der Waals surface area contributed by atoms with Crippen molar-refractivity contribution in [1.29, 1.82) is 0 Å². The maximum atomic E-state index is 13.0. The second-order valence-corrected chi connectivity index (χ2v) is 7.02. The molecule has 1 aliphatic heterocycles. The molecule has 0 N–H and O–H groups in total. The van der Waals surface area contributed by atoms with Crippen LogP contribution in [0.4, 0.5) is 9.18 Å². The lowest BCUT2D eigenvalue weighted by atomic mass is 10.1. The van der Waals surface area contributed by atoms with E-state index >= 15 is 0 Å². The first kappa shape index (κ1) is 19.3. The van der Waals surface area contributed by atoms with E-state index in [9.17, 15) is 14.0 Å². The quantitative estimate of drug-likeness (QED) is 0.670. The van der Waals surface area contributed by atoms with Crippen LogP contribution in [0.3, 0.4) is 0 Å². The third-order valence-corrected chi connectivity index (χ3v) is 5.15. The molecule has 8 heteroatoms.